The lowest BCUT2D eigenvalue weighted by Gasteiger charge is -2.39. The summed E-state index contributed by atoms with van der Waals surface area (Å²) in [7, 11) is 0. The highest BCUT2D eigenvalue weighted by Gasteiger charge is 2.28. The topological polar surface area (TPSA) is 89.5 Å². The van der Waals surface area contributed by atoms with Gasteiger partial charge in [0.1, 0.15) is 6.61 Å². The summed E-state index contributed by atoms with van der Waals surface area (Å²) in [4.78, 5) is 19.3. The number of carbonyl (C=O) groups excluding carboxylic acids is 1. The summed E-state index contributed by atoms with van der Waals surface area (Å²) in [6.07, 6.45) is 3.38. The molecule has 31 heavy (non-hydrogen) atoms. The number of hydrogen-bond donors (Lipinski definition) is 1. The Kier molecular flexibility index (Phi) is 6.64. The Morgan fingerprint density at radius 3 is 2.90 bits per heavy atom. The van der Waals surface area contributed by atoms with Crippen LogP contribution in [0.4, 0.5) is 10.8 Å². The van der Waals surface area contributed by atoms with E-state index in [2.05, 4.69) is 32.3 Å². The fraction of sp³-hybridized carbons (Fsp3) is 0.333. The van der Waals surface area contributed by atoms with E-state index in [1.165, 1.54) is 11.3 Å². The van der Waals surface area contributed by atoms with Crippen molar-refractivity contribution in [2.45, 2.75) is 32.6 Å². The number of pyridine rings is 1. The van der Waals surface area contributed by atoms with Gasteiger partial charge in [-0.25, -0.2) is 0 Å². The number of morpholine rings is 1. The molecule has 162 valence electrons. The van der Waals surface area contributed by atoms with E-state index in [1.54, 1.807) is 30.6 Å². The van der Waals surface area contributed by atoms with Crippen LogP contribution in [0.3, 0.4) is 0 Å². The number of amides is 1. The van der Waals surface area contributed by atoms with Crippen molar-refractivity contribution in [3.63, 3.8) is 0 Å². The lowest BCUT2D eigenvalue weighted by Crippen LogP contribution is -2.49. The summed E-state index contributed by atoms with van der Waals surface area (Å²) >= 11 is 7.06. The average Bonchev–Trinajstić information content (AvgIpc) is 3.22. The zero-order chi connectivity index (χ0) is 21.8. The highest BCUT2D eigenvalue weighted by Crippen LogP contribution is 2.28. The Labute approximate surface area is 189 Å². The predicted molar refractivity (Wildman–Crippen MR) is 120 cm³/mol. The molecule has 1 aromatic carbocycles. The van der Waals surface area contributed by atoms with Gasteiger partial charge in [-0.05, 0) is 48.9 Å². The Bertz CT molecular complexity index is 1050. The van der Waals surface area contributed by atoms with Crippen molar-refractivity contribution in [1.29, 1.82) is 0 Å². The molecule has 4 rings (SSSR count). The summed E-state index contributed by atoms with van der Waals surface area (Å²) < 4.78 is 11.4. The molecular formula is C21H22ClN5O3S. The van der Waals surface area contributed by atoms with Gasteiger partial charge in [0.2, 0.25) is 5.13 Å². The summed E-state index contributed by atoms with van der Waals surface area (Å²) in [5.41, 5.74) is 2.25. The molecule has 0 saturated carbocycles. The van der Waals surface area contributed by atoms with Gasteiger partial charge in [0.25, 0.3) is 11.1 Å². The molecule has 1 fully saturated rings. The van der Waals surface area contributed by atoms with Crippen LogP contribution in [0.25, 0.3) is 0 Å². The highest BCUT2D eigenvalue weighted by molar-refractivity contribution is 7.17. The summed E-state index contributed by atoms with van der Waals surface area (Å²) in [5.74, 6) is -0.274. The molecule has 1 aliphatic heterocycles. The molecule has 1 saturated heterocycles. The number of carbonyl (C=O) groups is 1. The van der Waals surface area contributed by atoms with Crippen LogP contribution < -0.4 is 15.0 Å². The number of nitrogens with zero attached hydrogens (tertiary/aromatic N) is 4. The van der Waals surface area contributed by atoms with Gasteiger partial charge in [-0.2, -0.15) is 0 Å². The Hall–Kier alpha value is -2.75. The minimum Gasteiger partial charge on any atom is -0.464 e. The van der Waals surface area contributed by atoms with Gasteiger partial charge < -0.3 is 14.4 Å². The van der Waals surface area contributed by atoms with Crippen molar-refractivity contribution in [2.75, 3.05) is 23.4 Å². The van der Waals surface area contributed by atoms with Crippen molar-refractivity contribution in [1.82, 2.24) is 15.2 Å². The molecule has 2 atom stereocenters. The van der Waals surface area contributed by atoms with Crippen LogP contribution >= 0.6 is 22.9 Å². The monoisotopic (exact) mass is 459 g/mol. The van der Waals surface area contributed by atoms with E-state index in [-0.39, 0.29) is 18.1 Å². The van der Waals surface area contributed by atoms with Crippen molar-refractivity contribution >= 4 is 39.7 Å². The Morgan fingerprint density at radius 2 is 2.10 bits per heavy atom. The van der Waals surface area contributed by atoms with Gasteiger partial charge >= 0.3 is 0 Å². The van der Waals surface area contributed by atoms with Crippen molar-refractivity contribution < 1.29 is 14.3 Å². The maximum absolute atomic E-state index is 13.0. The number of benzene rings is 1. The van der Waals surface area contributed by atoms with E-state index in [1.807, 2.05) is 19.1 Å². The second-order valence-electron chi connectivity index (χ2n) is 7.15. The summed E-state index contributed by atoms with van der Waals surface area (Å²) in [6, 6.07) is 9.19. The number of halogens is 1. The normalized spacial score (nSPS) is 18.6. The van der Waals surface area contributed by atoms with Crippen LogP contribution in [-0.4, -0.2) is 46.4 Å². The molecule has 3 heterocycles. The molecule has 2 aromatic heterocycles. The maximum atomic E-state index is 13.0. The molecule has 10 heteroatoms. The lowest BCUT2D eigenvalue weighted by molar-refractivity contribution is 0.0283. The van der Waals surface area contributed by atoms with Crippen LogP contribution in [0.5, 0.6) is 5.19 Å². The average molecular weight is 460 g/mol. The molecular weight excluding hydrogens is 438 g/mol. The van der Waals surface area contributed by atoms with Gasteiger partial charge in [-0.1, -0.05) is 28.8 Å². The number of rotatable bonds is 6. The smallest absolute Gasteiger partial charge is 0.296 e. The summed E-state index contributed by atoms with van der Waals surface area (Å²) in [5, 5.41) is 12.2. The van der Waals surface area contributed by atoms with Crippen molar-refractivity contribution in [2.24, 2.45) is 0 Å². The van der Waals surface area contributed by atoms with Gasteiger partial charge in [-0.15, -0.1) is 5.10 Å². The van der Waals surface area contributed by atoms with Crippen LogP contribution in [0.1, 0.15) is 29.8 Å². The third kappa shape index (κ3) is 5.12. The van der Waals surface area contributed by atoms with E-state index in [0.29, 0.717) is 40.7 Å². The van der Waals surface area contributed by atoms with Crippen molar-refractivity contribution in [3.8, 4) is 5.19 Å². The van der Waals surface area contributed by atoms with Crippen LogP contribution in [-0.2, 0) is 11.3 Å². The second-order valence-corrected chi connectivity index (χ2v) is 8.52. The molecule has 0 spiro atoms. The first-order chi connectivity index (χ1) is 15.0. The van der Waals surface area contributed by atoms with Gasteiger partial charge in [0.05, 0.1) is 36.2 Å². The van der Waals surface area contributed by atoms with Crippen LogP contribution in [0.2, 0.25) is 5.02 Å². The van der Waals surface area contributed by atoms with Gasteiger partial charge in [0.15, 0.2) is 0 Å². The quantitative estimate of drug-likeness (QED) is 0.595. The molecule has 1 amide bonds. The molecule has 0 bridgehead atoms. The first-order valence-electron chi connectivity index (χ1n) is 9.85. The van der Waals surface area contributed by atoms with Crippen LogP contribution in [0.15, 0.2) is 42.7 Å². The van der Waals surface area contributed by atoms with Crippen LogP contribution in [0, 0.1) is 0 Å². The van der Waals surface area contributed by atoms with Gasteiger partial charge in [0, 0.05) is 17.8 Å². The summed E-state index contributed by atoms with van der Waals surface area (Å²) in [6.45, 7) is 5.74. The standard InChI is InChI=1S/C21H22ClN5O3S/c1-13-14(2)29-10-9-27(13)18-11-23-8-7-17(18)19(28)24-20-25-26-21(31-20)30-12-15-3-5-16(22)6-4-15/h3-8,11,13-14H,9-10,12H2,1-2H3,(H,24,25,28)/t13-,14?/m0/s1. The first kappa shape index (κ1) is 21.5. The lowest BCUT2D eigenvalue weighted by atomic mass is 10.1. The molecule has 1 N–H and O–H groups in total. The highest BCUT2D eigenvalue weighted by atomic mass is 35.5. The predicted octanol–water partition coefficient (Wildman–Crippen LogP) is 4.03. The largest absolute Gasteiger partial charge is 0.464 e. The number of nitrogens with one attached hydrogen (secondary N) is 1. The number of aromatic nitrogens is 3. The minimum absolute atomic E-state index is 0.0633. The first-order valence-corrected chi connectivity index (χ1v) is 11.0. The molecule has 0 radical (unpaired) electrons. The molecule has 0 aliphatic carbocycles. The second kappa shape index (κ2) is 9.59. The number of anilines is 2. The molecule has 8 nitrogen and oxygen atoms in total. The fourth-order valence-electron chi connectivity index (χ4n) is 3.29. The SMILES string of the molecule is CC1OCCN(c2cnccc2C(=O)Nc2nnc(OCc3ccc(Cl)cc3)s2)[C@H]1C. The molecule has 1 aliphatic rings. The molecule has 1 unspecified atom stereocenters. The molecule has 3 aromatic rings. The Morgan fingerprint density at radius 1 is 1.29 bits per heavy atom. The minimum atomic E-state index is -0.274. The van der Waals surface area contributed by atoms with E-state index in [0.717, 1.165) is 11.3 Å². The number of ether oxygens (including phenoxy) is 2. The van der Waals surface area contributed by atoms with E-state index >= 15 is 0 Å². The van der Waals surface area contributed by atoms with E-state index in [9.17, 15) is 4.79 Å². The van der Waals surface area contributed by atoms with E-state index in [4.69, 9.17) is 21.1 Å². The van der Waals surface area contributed by atoms with Gasteiger partial charge in [-0.3, -0.25) is 15.1 Å². The maximum Gasteiger partial charge on any atom is 0.296 e. The van der Waals surface area contributed by atoms with Crippen molar-refractivity contribution in [3.05, 3.63) is 58.9 Å². The third-order valence-corrected chi connectivity index (χ3v) is 6.14. The fourth-order valence-corrected chi connectivity index (χ4v) is 4.01. The zero-order valence-electron chi connectivity index (χ0n) is 17.1. The third-order valence-electron chi connectivity index (χ3n) is 5.14. The number of hydrogen-bond acceptors (Lipinski definition) is 8. The Balaban J connectivity index is 1.43. The van der Waals surface area contributed by atoms with E-state index < -0.39 is 0 Å². The zero-order valence-corrected chi connectivity index (χ0v) is 18.7.